The molecule has 0 bridgehead atoms. The van der Waals surface area contributed by atoms with Crippen LogP contribution in [0.15, 0.2) is 10.7 Å². The van der Waals surface area contributed by atoms with E-state index < -0.39 is 13.0 Å². The number of hydrogen-bond acceptors (Lipinski definition) is 3. The van der Waals surface area contributed by atoms with Gasteiger partial charge in [-0.05, 0) is 15.9 Å². The molecule has 0 aliphatic rings. The molecule has 0 fully saturated rings. The first-order chi connectivity index (χ1) is 6.99. The molecule has 0 N–H and O–H groups in total. The summed E-state index contributed by atoms with van der Waals surface area (Å²) in [6, 6.07) is 1.47. The van der Waals surface area contributed by atoms with E-state index in [2.05, 4.69) is 25.9 Å². The lowest BCUT2D eigenvalue weighted by atomic mass is 10.2. The summed E-state index contributed by atoms with van der Waals surface area (Å²) >= 11 is 3.17. The zero-order valence-electron chi connectivity index (χ0n) is 8.38. The first kappa shape index (κ1) is 12.3. The topological polar surface area (TPSA) is 35.0 Å². The van der Waals surface area contributed by atoms with Gasteiger partial charge >= 0.3 is 0 Å². The van der Waals surface area contributed by atoms with Crippen LogP contribution >= 0.6 is 15.9 Å². The highest BCUT2D eigenvalue weighted by Gasteiger charge is 2.09. The van der Waals surface area contributed by atoms with Crippen molar-refractivity contribution in [3.8, 4) is 5.88 Å². The van der Waals surface area contributed by atoms with Crippen molar-refractivity contribution >= 4 is 15.9 Å². The maximum Gasteiger partial charge on any atom is 0.272 e. The van der Waals surface area contributed by atoms with Gasteiger partial charge in [0.25, 0.3) is 6.43 Å². The van der Waals surface area contributed by atoms with Crippen LogP contribution in [0.3, 0.4) is 0 Å². The van der Waals surface area contributed by atoms with Crippen LogP contribution in [0.2, 0.25) is 0 Å². The molecule has 0 amide bonds. The molecule has 0 unspecified atom stereocenters. The van der Waals surface area contributed by atoms with Gasteiger partial charge in [-0.2, -0.15) is 4.98 Å². The lowest BCUT2D eigenvalue weighted by Gasteiger charge is -2.08. The molecule has 1 rings (SSSR count). The van der Waals surface area contributed by atoms with E-state index in [1.54, 1.807) is 0 Å². The van der Waals surface area contributed by atoms with E-state index in [-0.39, 0.29) is 11.8 Å². The van der Waals surface area contributed by atoms with Crippen molar-refractivity contribution in [2.75, 3.05) is 6.61 Å². The van der Waals surface area contributed by atoms with Crippen molar-refractivity contribution in [1.82, 2.24) is 9.97 Å². The summed E-state index contributed by atoms with van der Waals surface area (Å²) in [4.78, 5) is 8.11. The Morgan fingerprint density at radius 2 is 2.07 bits per heavy atom. The quantitative estimate of drug-likeness (QED) is 0.796. The normalized spacial score (nSPS) is 11.1. The molecule has 0 saturated carbocycles. The summed E-state index contributed by atoms with van der Waals surface area (Å²) in [5, 5.41) is 0. The van der Waals surface area contributed by atoms with Crippen LogP contribution in [0.25, 0.3) is 0 Å². The summed E-state index contributed by atoms with van der Waals surface area (Å²) in [7, 11) is 0. The summed E-state index contributed by atoms with van der Waals surface area (Å²) in [5.41, 5.74) is 0. The zero-order valence-corrected chi connectivity index (χ0v) is 9.96. The van der Waals surface area contributed by atoms with E-state index in [4.69, 9.17) is 4.74 Å². The second kappa shape index (κ2) is 5.34. The van der Waals surface area contributed by atoms with Crippen molar-refractivity contribution in [1.29, 1.82) is 0 Å². The maximum absolute atomic E-state index is 11.9. The Bertz CT molecular complexity index is 334. The zero-order chi connectivity index (χ0) is 11.4. The number of aromatic nitrogens is 2. The fraction of sp³-hybridized carbons (Fsp3) is 0.556. The Balaban J connectivity index is 2.79. The monoisotopic (exact) mass is 280 g/mol. The van der Waals surface area contributed by atoms with Gasteiger partial charge in [0.2, 0.25) is 5.88 Å². The predicted molar refractivity (Wildman–Crippen MR) is 55.3 cm³/mol. The molecular weight excluding hydrogens is 270 g/mol. The van der Waals surface area contributed by atoms with E-state index >= 15 is 0 Å². The van der Waals surface area contributed by atoms with Crippen molar-refractivity contribution in [3.63, 3.8) is 0 Å². The molecular formula is C9H11BrF2N2O. The highest BCUT2D eigenvalue weighted by Crippen LogP contribution is 2.19. The molecule has 3 nitrogen and oxygen atoms in total. The average Bonchev–Trinajstić information content (AvgIpc) is 2.13. The van der Waals surface area contributed by atoms with E-state index in [1.807, 2.05) is 13.8 Å². The number of alkyl halides is 2. The van der Waals surface area contributed by atoms with E-state index in [1.165, 1.54) is 6.07 Å². The van der Waals surface area contributed by atoms with Gasteiger partial charge in [0.05, 0.1) is 0 Å². The van der Waals surface area contributed by atoms with Gasteiger partial charge in [-0.15, -0.1) is 0 Å². The highest BCUT2D eigenvalue weighted by molar-refractivity contribution is 9.10. The Kier molecular flexibility index (Phi) is 4.38. The van der Waals surface area contributed by atoms with E-state index in [0.717, 1.165) is 0 Å². The predicted octanol–water partition coefficient (Wildman–Crippen LogP) is 3.01. The van der Waals surface area contributed by atoms with Crippen LogP contribution in [0.4, 0.5) is 8.78 Å². The van der Waals surface area contributed by atoms with Gasteiger partial charge in [-0.3, -0.25) is 0 Å². The van der Waals surface area contributed by atoms with Crippen LogP contribution < -0.4 is 4.74 Å². The van der Waals surface area contributed by atoms with E-state index in [0.29, 0.717) is 10.4 Å². The molecule has 0 aliphatic carbocycles. The molecule has 15 heavy (non-hydrogen) atoms. The molecule has 1 aromatic rings. The van der Waals surface area contributed by atoms with Crippen LogP contribution in [-0.2, 0) is 0 Å². The molecule has 84 valence electrons. The van der Waals surface area contributed by atoms with E-state index in [9.17, 15) is 8.78 Å². The van der Waals surface area contributed by atoms with Crippen LogP contribution in [-0.4, -0.2) is 23.0 Å². The van der Waals surface area contributed by atoms with Crippen molar-refractivity contribution in [2.24, 2.45) is 0 Å². The van der Waals surface area contributed by atoms with Gasteiger partial charge in [0.15, 0.2) is 6.61 Å². The highest BCUT2D eigenvalue weighted by atomic mass is 79.9. The lowest BCUT2D eigenvalue weighted by molar-refractivity contribution is 0.0793. The summed E-state index contributed by atoms with van der Waals surface area (Å²) in [6.45, 7) is 3.18. The molecule has 0 aromatic carbocycles. The van der Waals surface area contributed by atoms with Crippen molar-refractivity contribution < 1.29 is 13.5 Å². The minimum Gasteiger partial charge on any atom is -0.471 e. The summed E-state index contributed by atoms with van der Waals surface area (Å²) < 4.78 is 29.1. The third-order valence-corrected chi connectivity index (χ3v) is 1.97. The Morgan fingerprint density at radius 3 is 2.60 bits per heavy atom. The number of hydrogen-bond donors (Lipinski definition) is 0. The maximum atomic E-state index is 11.9. The minimum atomic E-state index is -2.50. The van der Waals surface area contributed by atoms with Crippen LogP contribution in [0.1, 0.15) is 25.6 Å². The van der Waals surface area contributed by atoms with Gasteiger partial charge in [-0.25, -0.2) is 13.8 Å². The number of ether oxygens (including phenoxy) is 1. The summed E-state index contributed by atoms with van der Waals surface area (Å²) in [6.07, 6.45) is -2.50. The summed E-state index contributed by atoms with van der Waals surface area (Å²) in [5.74, 6) is 0.853. The fourth-order valence-corrected chi connectivity index (χ4v) is 1.27. The van der Waals surface area contributed by atoms with Gasteiger partial charge < -0.3 is 4.74 Å². The van der Waals surface area contributed by atoms with Gasteiger partial charge in [0.1, 0.15) is 10.4 Å². The average molecular weight is 281 g/mol. The molecule has 1 heterocycles. The number of nitrogens with zero attached hydrogens (tertiary/aromatic N) is 2. The third-order valence-electron chi connectivity index (χ3n) is 1.56. The molecule has 6 heteroatoms. The lowest BCUT2D eigenvalue weighted by Crippen LogP contribution is -2.09. The second-order valence-corrected chi connectivity index (χ2v) is 4.06. The Labute approximate surface area is 95.0 Å². The van der Waals surface area contributed by atoms with Crippen molar-refractivity contribution in [2.45, 2.75) is 26.2 Å². The Morgan fingerprint density at radius 1 is 1.40 bits per heavy atom. The van der Waals surface area contributed by atoms with Crippen LogP contribution in [0, 0.1) is 0 Å². The number of rotatable bonds is 4. The molecule has 0 saturated heterocycles. The first-order valence-corrected chi connectivity index (χ1v) is 5.23. The molecule has 0 spiro atoms. The molecule has 1 aromatic heterocycles. The Hall–Kier alpha value is -0.780. The molecule has 0 aliphatic heterocycles. The van der Waals surface area contributed by atoms with Gasteiger partial charge in [-0.1, -0.05) is 13.8 Å². The largest absolute Gasteiger partial charge is 0.471 e. The van der Waals surface area contributed by atoms with Crippen LogP contribution in [0.5, 0.6) is 5.88 Å². The van der Waals surface area contributed by atoms with Gasteiger partial charge in [0, 0.05) is 12.0 Å². The smallest absolute Gasteiger partial charge is 0.272 e. The SMILES string of the molecule is CC(C)c1nc(Br)cc(OCC(F)F)n1. The second-order valence-electron chi connectivity index (χ2n) is 3.24. The first-order valence-electron chi connectivity index (χ1n) is 4.44. The minimum absolute atomic E-state index is 0.122. The standard InChI is InChI=1S/C9H11BrF2N2O/c1-5(2)9-13-6(10)3-8(14-9)15-4-7(11)12/h3,5,7H,4H2,1-2H3. The number of halogens is 3. The third kappa shape index (κ3) is 4.07. The van der Waals surface area contributed by atoms with Crippen molar-refractivity contribution in [3.05, 3.63) is 16.5 Å². The molecule has 0 radical (unpaired) electrons. The molecule has 0 atom stereocenters. The fourth-order valence-electron chi connectivity index (χ4n) is 0.894.